The molecule has 0 aliphatic heterocycles. The minimum Gasteiger partial charge on any atom is -0.241 e. The van der Waals surface area contributed by atoms with E-state index in [4.69, 9.17) is 0 Å². The lowest BCUT2D eigenvalue weighted by Crippen LogP contribution is -2.04. The standard InChI is InChI=1S/C20H13F3N2S/c1-26-19-15(9-14-5-2-3-8-18(14)25-19)10-16(12-24)13-6-4-7-17(11-13)20(21,22)23/h2-11H,1H3/b16-10+. The number of allylic oxidation sites excluding steroid dienone is 1. The number of hydrogen-bond donors (Lipinski definition) is 0. The summed E-state index contributed by atoms with van der Waals surface area (Å²) in [4.78, 5) is 4.56. The largest absolute Gasteiger partial charge is 0.416 e. The van der Waals surface area contributed by atoms with Gasteiger partial charge in [-0.25, -0.2) is 4.98 Å². The molecule has 0 saturated carbocycles. The number of rotatable bonds is 3. The molecular weight excluding hydrogens is 357 g/mol. The van der Waals surface area contributed by atoms with Crippen molar-refractivity contribution in [1.82, 2.24) is 4.98 Å². The topological polar surface area (TPSA) is 36.7 Å². The van der Waals surface area contributed by atoms with Gasteiger partial charge in [-0.3, -0.25) is 0 Å². The zero-order valence-corrected chi connectivity index (χ0v) is 14.5. The van der Waals surface area contributed by atoms with Crippen LogP contribution in [0.1, 0.15) is 16.7 Å². The van der Waals surface area contributed by atoms with Gasteiger partial charge in [0.15, 0.2) is 0 Å². The Morgan fingerprint density at radius 2 is 1.88 bits per heavy atom. The predicted molar refractivity (Wildman–Crippen MR) is 98.5 cm³/mol. The summed E-state index contributed by atoms with van der Waals surface area (Å²) in [5.74, 6) is 0. The fourth-order valence-corrected chi connectivity index (χ4v) is 3.12. The summed E-state index contributed by atoms with van der Waals surface area (Å²) in [5.41, 5.74) is 1.13. The van der Waals surface area contributed by atoms with Crippen LogP contribution < -0.4 is 0 Å². The number of alkyl halides is 3. The molecule has 0 N–H and O–H groups in total. The Morgan fingerprint density at radius 3 is 2.58 bits per heavy atom. The van der Waals surface area contributed by atoms with Gasteiger partial charge in [-0.05, 0) is 42.2 Å². The summed E-state index contributed by atoms with van der Waals surface area (Å²) in [6, 6.07) is 16.2. The summed E-state index contributed by atoms with van der Waals surface area (Å²) in [6.07, 6.45) is -1.00. The highest BCUT2D eigenvalue weighted by Crippen LogP contribution is 2.32. The van der Waals surface area contributed by atoms with Gasteiger partial charge in [0.25, 0.3) is 0 Å². The van der Waals surface area contributed by atoms with Gasteiger partial charge in [0.2, 0.25) is 0 Å². The number of aromatic nitrogens is 1. The van der Waals surface area contributed by atoms with Gasteiger partial charge < -0.3 is 0 Å². The van der Waals surface area contributed by atoms with Crippen molar-refractivity contribution in [2.45, 2.75) is 11.2 Å². The molecule has 0 radical (unpaired) electrons. The molecule has 130 valence electrons. The molecule has 1 aromatic heterocycles. The molecule has 0 fully saturated rings. The highest BCUT2D eigenvalue weighted by atomic mass is 32.2. The highest BCUT2D eigenvalue weighted by Gasteiger charge is 2.30. The second kappa shape index (κ2) is 7.22. The van der Waals surface area contributed by atoms with E-state index in [2.05, 4.69) is 4.98 Å². The van der Waals surface area contributed by atoms with Crippen LogP contribution in [0.15, 0.2) is 59.6 Å². The van der Waals surface area contributed by atoms with Crippen molar-refractivity contribution < 1.29 is 13.2 Å². The Kier molecular flexibility index (Phi) is 5.01. The maximum atomic E-state index is 12.9. The van der Waals surface area contributed by atoms with E-state index < -0.39 is 11.7 Å². The average Bonchev–Trinajstić information content (AvgIpc) is 2.64. The summed E-state index contributed by atoms with van der Waals surface area (Å²) >= 11 is 1.42. The van der Waals surface area contributed by atoms with E-state index in [0.717, 1.165) is 23.0 Å². The Labute approximate surface area is 153 Å². The Balaban J connectivity index is 2.13. The molecule has 3 rings (SSSR count). The van der Waals surface area contributed by atoms with E-state index in [1.807, 2.05) is 42.7 Å². The van der Waals surface area contributed by atoms with Crippen LogP contribution in [-0.4, -0.2) is 11.2 Å². The van der Waals surface area contributed by atoms with Gasteiger partial charge in [0.05, 0.1) is 22.7 Å². The third-order valence-corrected chi connectivity index (χ3v) is 4.54. The van der Waals surface area contributed by atoms with Crippen molar-refractivity contribution >= 4 is 34.3 Å². The monoisotopic (exact) mass is 370 g/mol. The Morgan fingerprint density at radius 1 is 1.12 bits per heavy atom. The summed E-state index contributed by atoms with van der Waals surface area (Å²) in [7, 11) is 0. The Bertz CT molecular complexity index is 1030. The van der Waals surface area contributed by atoms with Crippen molar-refractivity contribution in [1.29, 1.82) is 5.26 Å². The molecule has 1 heterocycles. The van der Waals surface area contributed by atoms with Crippen molar-refractivity contribution in [3.8, 4) is 6.07 Å². The normalized spacial score (nSPS) is 12.2. The smallest absolute Gasteiger partial charge is 0.241 e. The molecule has 0 spiro atoms. The van der Waals surface area contributed by atoms with Crippen LogP contribution in [0.3, 0.4) is 0 Å². The summed E-state index contributed by atoms with van der Waals surface area (Å²) < 4.78 is 38.8. The molecule has 6 heteroatoms. The molecule has 0 amide bonds. The van der Waals surface area contributed by atoms with Gasteiger partial charge in [-0.15, -0.1) is 11.8 Å². The van der Waals surface area contributed by atoms with Gasteiger partial charge >= 0.3 is 6.18 Å². The van der Waals surface area contributed by atoms with Crippen LogP contribution >= 0.6 is 11.8 Å². The fraction of sp³-hybridized carbons (Fsp3) is 0.100. The van der Waals surface area contributed by atoms with E-state index in [1.54, 1.807) is 6.08 Å². The van der Waals surface area contributed by atoms with E-state index >= 15 is 0 Å². The van der Waals surface area contributed by atoms with Crippen LogP contribution in [0, 0.1) is 11.3 Å². The zero-order valence-electron chi connectivity index (χ0n) is 13.7. The maximum absolute atomic E-state index is 12.9. The first-order chi connectivity index (χ1) is 12.4. The number of thioether (sulfide) groups is 1. The number of hydrogen-bond acceptors (Lipinski definition) is 3. The molecule has 0 bridgehead atoms. The van der Waals surface area contributed by atoms with Crippen LogP contribution in [0.2, 0.25) is 0 Å². The average molecular weight is 370 g/mol. The number of fused-ring (bicyclic) bond motifs is 1. The third-order valence-electron chi connectivity index (χ3n) is 3.83. The quantitative estimate of drug-likeness (QED) is 0.417. The van der Waals surface area contributed by atoms with Crippen molar-refractivity contribution in [3.05, 3.63) is 71.3 Å². The first kappa shape index (κ1) is 18.0. The van der Waals surface area contributed by atoms with Gasteiger partial charge in [-0.1, -0.05) is 30.3 Å². The van der Waals surface area contributed by atoms with E-state index in [0.29, 0.717) is 10.6 Å². The lowest BCUT2D eigenvalue weighted by molar-refractivity contribution is -0.137. The number of benzene rings is 2. The SMILES string of the molecule is CSc1nc2ccccc2cc1/C=C(\C#N)c1cccc(C(F)(F)F)c1. The van der Waals surface area contributed by atoms with Gasteiger partial charge in [-0.2, -0.15) is 18.4 Å². The lowest BCUT2D eigenvalue weighted by Gasteiger charge is -2.09. The molecule has 26 heavy (non-hydrogen) atoms. The van der Waals surface area contributed by atoms with Crippen molar-refractivity contribution in [3.63, 3.8) is 0 Å². The lowest BCUT2D eigenvalue weighted by atomic mass is 10.0. The summed E-state index contributed by atoms with van der Waals surface area (Å²) in [5, 5.41) is 11.1. The van der Waals surface area contributed by atoms with Crippen molar-refractivity contribution in [2.75, 3.05) is 6.26 Å². The van der Waals surface area contributed by atoms with E-state index in [1.165, 1.54) is 23.9 Å². The van der Waals surface area contributed by atoms with Gasteiger partial charge in [0, 0.05) is 10.9 Å². The predicted octanol–water partition coefficient (Wildman–Crippen LogP) is 6.04. The Hall–Kier alpha value is -2.78. The van der Waals surface area contributed by atoms with Crippen LogP contribution in [0.5, 0.6) is 0 Å². The molecule has 2 nitrogen and oxygen atoms in total. The molecular formula is C20H13F3N2S. The zero-order chi connectivity index (χ0) is 18.7. The van der Waals surface area contributed by atoms with Crippen LogP contribution in [0.4, 0.5) is 13.2 Å². The molecule has 0 saturated heterocycles. The number of para-hydroxylation sites is 1. The number of nitriles is 1. The first-order valence-electron chi connectivity index (χ1n) is 7.65. The fourth-order valence-electron chi connectivity index (χ4n) is 2.58. The number of nitrogens with zero attached hydrogens (tertiary/aromatic N) is 2. The number of halogens is 3. The van der Waals surface area contributed by atoms with Crippen molar-refractivity contribution in [2.24, 2.45) is 0 Å². The molecule has 0 atom stereocenters. The highest BCUT2D eigenvalue weighted by molar-refractivity contribution is 7.98. The van der Waals surface area contributed by atoms with E-state index in [9.17, 15) is 18.4 Å². The maximum Gasteiger partial charge on any atom is 0.416 e. The second-order valence-corrected chi connectivity index (χ2v) is 6.32. The molecule has 2 aromatic carbocycles. The van der Waals surface area contributed by atoms with Gasteiger partial charge in [0.1, 0.15) is 5.03 Å². The summed E-state index contributed by atoms with van der Waals surface area (Å²) in [6.45, 7) is 0. The van der Waals surface area contributed by atoms with Crippen LogP contribution in [-0.2, 0) is 6.18 Å². The molecule has 0 aliphatic rings. The first-order valence-corrected chi connectivity index (χ1v) is 8.88. The molecule has 3 aromatic rings. The second-order valence-electron chi connectivity index (χ2n) is 5.53. The number of pyridine rings is 1. The third kappa shape index (κ3) is 3.73. The molecule has 0 aliphatic carbocycles. The van der Waals surface area contributed by atoms with E-state index in [-0.39, 0.29) is 11.1 Å². The minimum absolute atomic E-state index is 0.156. The van der Waals surface area contributed by atoms with Crippen LogP contribution in [0.25, 0.3) is 22.6 Å². The minimum atomic E-state index is -4.45. The molecule has 0 unspecified atom stereocenters.